The van der Waals surface area contributed by atoms with Gasteiger partial charge in [-0.3, -0.25) is 4.79 Å². The highest BCUT2D eigenvalue weighted by molar-refractivity contribution is 6.43. The smallest absolute Gasteiger partial charge is 0.269 e. The number of nitrogens with one attached hydrogen (secondary N) is 1. The molecule has 0 aliphatic carbocycles. The van der Waals surface area contributed by atoms with Crippen LogP contribution in [0, 0.1) is 0 Å². The van der Waals surface area contributed by atoms with E-state index in [-0.39, 0.29) is 5.91 Å². The van der Waals surface area contributed by atoms with E-state index >= 15 is 0 Å². The Balaban J connectivity index is 0. The van der Waals surface area contributed by atoms with Gasteiger partial charge < -0.3 is 5.32 Å². The molecule has 0 saturated heterocycles. The van der Waals surface area contributed by atoms with Crippen LogP contribution in [-0.2, 0) is 4.79 Å². The number of rotatable bonds is 4. The number of amides is 1. The SMILES string of the molecule is CC.C\C=C(C)/N=C(/C=C/CC)C(=O)NC. The van der Waals surface area contributed by atoms with Crippen molar-refractivity contribution in [3.63, 3.8) is 0 Å². The van der Waals surface area contributed by atoms with Crippen molar-refractivity contribution in [3.8, 4) is 0 Å². The molecule has 0 saturated carbocycles. The summed E-state index contributed by atoms with van der Waals surface area (Å²) in [7, 11) is 1.60. The minimum absolute atomic E-state index is 0.157. The maximum Gasteiger partial charge on any atom is 0.269 e. The summed E-state index contributed by atoms with van der Waals surface area (Å²) in [5, 5.41) is 2.56. The maximum absolute atomic E-state index is 11.3. The normalized spacial score (nSPS) is 12.1. The predicted octanol–water partition coefficient (Wildman–Crippen LogP) is 3.09. The standard InChI is InChI=1S/C11H18N2O.C2H6/c1-5-7-8-10(11(14)12-4)13-9(3)6-2;1-2/h6-8H,5H2,1-4H3,(H,12,14);1-2H3/b8-7+,9-6-,13-10-;. The lowest BCUT2D eigenvalue weighted by molar-refractivity contribution is -0.114. The van der Waals surface area contributed by atoms with E-state index < -0.39 is 0 Å². The maximum atomic E-state index is 11.3. The van der Waals surface area contributed by atoms with Crippen LogP contribution in [0.5, 0.6) is 0 Å². The summed E-state index contributed by atoms with van der Waals surface area (Å²) in [6, 6.07) is 0. The molecule has 0 unspecified atom stereocenters. The van der Waals surface area contributed by atoms with Gasteiger partial charge in [-0.25, -0.2) is 4.99 Å². The summed E-state index contributed by atoms with van der Waals surface area (Å²) in [6.45, 7) is 9.77. The van der Waals surface area contributed by atoms with E-state index in [9.17, 15) is 4.79 Å². The lowest BCUT2D eigenvalue weighted by atomic mass is 10.3. The van der Waals surface area contributed by atoms with Crippen molar-refractivity contribution < 1.29 is 4.79 Å². The lowest BCUT2D eigenvalue weighted by Crippen LogP contribution is -2.26. The van der Waals surface area contributed by atoms with Crippen molar-refractivity contribution in [2.75, 3.05) is 7.05 Å². The molecular formula is C13H24N2O. The van der Waals surface area contributed by atoms with Crippen LogP contribution in [0.25, 0.3) is 0 Å². The average Bonchev–Trinajstić information content (AvgIpc) is 2.35. The Kier molecular flexibility index (Phi) is 12.4. The molecule has 1 amide bonds. The van der Waals surface area contributed by atoms with Crippen LogP contribution in [0.15, 0.2) is 28.9 Å². The highest BCUT2D eigenvalue weighted by atomic mass is 16.1. The summed E-state index contributed by atoms with van der Waals surface area (Å²) < 4.78 is 0. The molecule has 0 aromatic heterocycles. The highest BCUT2D eigenvalue weighted by Crippen LogP contribution is 1.97. The van der Waals surface area contributed by atoms with Gasteiger partial charge in [0.1, 0.15) is 5.71 Å². The Hall–Kier alpha value is -1.38. The molecule has 0 aliphatic rings. The molecule has 0 aromatic rings. The number of allylic oxidation sites excluding steroid dienone is 3. The molecule has 0 spiro atoms. The van der Waals surface area contributed by atoms with E-state index in [0.717, 1.165) is 12.1 Å². The van der Waals surface area contributed by atoms with Crippen LogP contribution in [0.2, 0.25) is 0 Å². The zero-order valence-electron chi connectivity index (χ0n) is 11.3. The van der Waals surface area contributed by atoms with Crippen LogP contribution >= 0.6 is 0 Å². The van der Waals surface area contributed by atoms with E-state index in [2.05, 4.69) is 10.3 Å². The number of aliphatic imine (C=N–C) groups is 1. The fraction of sp³-hybridized carbons (Fsp3) is 0.538. The molecule has 0 fully saturated rings. The molecular weight excluding hydrogens is 200 g/mol. The van der Waals surface area contributed by atoms with E-state index in [0.29, 0.717) is 5.71 Å². The Bertz CT molecular complexity index is 276. The van der Waals surface area contributed by atoms with Crippen LogP contribution in [0.4, 0.5) is 0 Å². The Morgan fingerprint density at radius 3 is 2.31 bits per heavy atom. The zero-order valence-corrected chi connectivity index (χ0v) is 11.3. The quantitative estimate of drug-likeness (QED) is 0.732. The van der Waals surface area contributed by atoms with Crippen molar-refractivity contribution in [1.29, 1.82) is 0 Å². The molecule has 3 heteroatoms. The summed E-state index contributed by atoms with van der Waals surface area (Å²) in [5.74, 6) is -0.157. The predicted molar refractivity (Wildman–Crippen MR) is 71.7 cm³/mol. The summed E-state index contributed by atoms with van der Waals surface area (Å²) in [4.78, 5) is 15.5. The van der Waals surface area contributed by atoms with Crippen LogP contribution < -0.4 is 5.32 Å². The van der Waals surface area contributed by atoms with Crippen molar-refractivity contribution in [3.05, 3.63) is 23.9 Å². The number of carbonyl (C=O) groups is 1. The third kappa shape index (κ3) is 7.97. The van der Waals surface area contributed by atoms with Crippen molar-refractivity contribution in [2.45, 2.75) is 41.0 Å². The van der Waals surface area contributed by atoms with Gasteiger partial charge in [-0.1, -0.05) is 32.9 Å². The van der Waals surface area contributed by atoms with Gasteiger partial charge in [0.05, 0.1) is 0 Å². The molecule has 0 bridgehead atoms. The molecule has 0 heterocycles. The molecule has 0 radical (unpaired) electrons. The number of hydrogen-bond acceptors (Lipinski definition) is 2. The second-order valence-electron chi connectivity index (χ2n) is 2.82. The molecule has 16 heavy (non-hydrogen) atoms. The molecule has 0 rings (SSSR count). The first-order valence-corrected chi connectivity index (χ1v) is 5.75. The van der Waals surface area contributed by atoms with Gasteiger partial charge in [0.15, 0.2) is 0 Å². The second-order valence-corrected chi connectivity index (χ2v) is 2.82. The van der Waals surface area contributed by atoms with E-state index in [1.165, 1.54) is 0 Å². The third-order valence-corrected chi connectivity index (χ3v) is 1.69. The third-order valence-electron chi connectivity index (χ3n) is 1.69. The lowest BCUT2D eigenvalue weighted by Gasteiger charge is -1.99. The topological polar surface area (TPSA) is 41.5 Å². The second kappa shape index (κ2) is 11.7. The summed E-state index contributed by atoms with van der Waals surface area (Å²) >= 11 is 0. The minimum atomic E-state index is -0.157. The minimum Gasteiger partial charge on any atom is -0.354 e. The monoisotopic (exact) mass is 224 g/mol. The molecule has 0 atom stereocenters. The van der Waals surface area contributed by atoms with Crippen LogP contribution in [0.3, 0.4) is 0 Å². The van der Waals surface area contributed by atoms with Gasteiger partial charge in [-0.15, -0.1) is 0 Å². The van der Waals surface area contributed by atoms with Crippen LogP contribution in [0.1, 0.15) is 41.0 Å². The molecule has 0 aromatic carbocycles. The van der Waals surface area contributed by atoms with Crippen molar-refractivity contribution in [2.24, 2.45) is 4.99 Å². The summed E-state index contributed by atoms with van der Waals surface area (Å²) in [6.07, 6.45) is 6.41. The number of nitrogens with zero attached hydrogens (tertiary/aromatic N) is 1. The van der Waals surface area contributed by atoms with Crippen molar-refractivity contribution in [1.82, 2.24) is 5.32 Å². The van der Waals surface area contributed by atoms with Crippen LogP contribution in [-0.4, -0.2) is 18.7 Å². The molecule has 3 nitrogen and oxygen atoms in total. The first kappa shape index (κ1) is 17.0. The Morgan fingerprint density at radius 1 is 1.38 bits per heavy atom. The Labute approximate surface area is 99.4 Å². The van der Waals surface area contributed by atoms with Gasteiger partial charge in [0, 0.05) is 12.7 Å². The number of hydrogen-bond donors (Lipinski definition) is 1. The first-order valence-electron chi connectivity index (χ1n) is 5.75. The first-order chi connectivity index (χ1) is 7.65. The van der Waals surface area contributed by atoms with Gasteiger partial charge in [-0.2, -0.15) is 0 Å². The Morgan fingerprint density at radius 2 is 1.94 bits per heavy atom. The molecule has 1 N–H and O–H groups in total. The van der Waals surface area contributed by atoms with Gasteiger partial charge in [0.25, 0.3) is 5.91 Å². The fourth-order valence-corrected chi connectivity index (χ4v) is 0.776. The van der Waals surface area contributed by atoms with E-state index in [1.54, 1.807) is 13.1 Å². The average molecular weight is 224 g/mol. The highest BCUT2D eigenvalue weighted by Gasteiger charge is 2.04. The van der Waals surface area contributed by atoms with E-state index in [1.807, 2.05) is 46.8 Å². The van der Waals surface area contributed by atoms with Gasteiger partial charge in [-0.05, 0) is 26.3 Å². The summed E-state index contributed by atoms with van der Waals surface area (Å²) in [5.41, 5.74) is 1.29. The number of carbonyl (C=O) groups excluding carboxylic acids is 1. The molecule has 0 aliphatic heterocycles. The zero-order chi connectivity index (χ0) is 13.0. The van der Waals surface area contributed by atoms with Crippen molar-refractivity contribution >= 4 is 11.6 Å². The fourth-order valence-electron chi connectivity index (χ4n) is 0.776. The van der Waals surface area contributed by atoms with Gasteiger partial charge >= 0.3 is 0 Å². The van der Waals surface area contributed by atoms with Gasteiger partial charge in [0.2, 0.25) is 0 Å². The van der Waals surface area contributed by atoms with E-state index in [4.69, 9.17) is 0 Å². The largest absolute Gasteiger partial charge is 0.354 e. The molecule has 92 valence electrons.